The summed E-state index contributed by atoms with van der Waals surface area (Å²) >= 11 is 0. The third-order valence-electron chi connectivity index (χ3n) is 2.68. The molecule has 0 N–H and O–H groups in total. The molecule has 4 nitrogen and oxygen atoms in total. The molecule has 0 radical (unpaired) electrons. The molecular weight excluding hydrogens is 208 g/mol. The minimum atomic E-state index is -1.27. The molecule has 0 aliphatic rings. The van der Waals surface area contributed by atoms with Crippen molar-refractivity contribution in [2.24, 2.45) is 0 Å². The summed E-state index contributed by atoms with van der Waals surface area (Å²) in [6.45, 7) is 6.24. The van der Waals surface area contributed by atoms with Crippen LogP contribution in [0.3, 0.4) is 0 Å². The number of unbranched alkanes of at least 4 members (excludes halogenated alkanes) is 2. The highest BCUT2D eigenvalue weighted by Crippen LogP contribution is 2.23. The molecule has 0 spiro atoms. The third-order valence-corrected chi connectivity index (χ3v) is 2.68. The monoisotopic (exact) mass is 231 g/mol. The summed E-state index contributed by atoms with van der Waals surface area (Å²) in [5.41, 5.74) is -1.27. The summed E-state index contributed by atoms with van der Waals surface area (Å²) in [6, 6.07) is 0. The molecule has 1 unspecified atom stereocenters. The Morgan fingerprint density at radius 3 is 2.25 bits per heavy atom. The van der Waals surface area contributed by atoms with Gasteiger partial charge in [0, 0.05) is 0 Å². The third kappa shape index (κ3) is 4.94. The maximum Gasteiger partial charge on any atom is 0.142 e. The van der Waals surface area contributed by atoms with Gasteiger partial charge >= 0.3 is 0 Å². The van der Waals surface area contributed by atoms with Crippen LogP contribution >= 0.6 is 0 Å². The van der Waals surface area contributed by atoms with Gasteiger partial charge in [0.2, 0.25) is 0 Å². The number of hydrogen-bond donors (Lipinski definition) is 0. The fourth-order valence-corrected chi connectivity index (χ4v) is 1.38. The second-order valence-electron chi connectivity index (χ2n) is 4.00. The molecule has 1 atom stereocenters. The largest absolute Gasteiger partial charge is 0.547 e. The van der Waals surface area contributed by atoms with Crippen LogP contribution in [0.5, 0.6) is 0 Å². The van der Waals surface area contributed by atoms with Gasteiger partial charge in [-0.3, -0.25) is 0 Å². The van der Waals surface area contributed by atoms with Crippen molar-refractivity contribution in [2.75, 3.05) is 6.61 Å². The van der Waals surface area contributed by atoms with Gasteiger partial charge in [0.15, 0.2) is 0 Å². The van der Waals surface area contributed by atoms with Crippen LogP contribution in [0.2, 0.25) is 0 Å². The predicted molar refractivity (Wildman–Crippen MR) is 59.5 cm³/mol. The Balaban J connectivity index is 4.22. The van der Waals surface area contributed by atoms with E-state index in [-0.39, 0.29) is 0 Å². The summed E-state index contributed by atoms with van der Waals surface area (Å²) in [4.78, 5) is 21.2. The molecule has 0 aliphatic carbocycles. The van der Waals surface area contributed by atoms with Crippen molar-refractivity contribution in [3.05, 3.63) is 0 Å². The fourth-order valence-electron chi connectivity index (χ4n) is 1.38. The van der Waals surface area contributed by atoms with Crippen LogP contribution < -0.4 is 5.11 Å². The lowest BCUT2D eigenvalue weighted by molar-refractivity contribution is -0.394. The second-order valence-corrected chi connectivity index (χ2v) is 4.00. The average Bonchev–Trinajstić information content (AvgIpc) is 2.28. The van der Waals surface area contributed by atoms with Gasteiger partial charge in [0.1, 0.15) is 5.60 Å². The van der Waals surface area contributed by atoms with E-state index in [4.69, 9.17) is 9.78 Å². The molecule has 0 aromatic rings. The molecule has 0 aliphatic heterocycles. The maximum atomic E-state index is 11.1. The maximum absolute atomic E-state index is 11.1. The Morgan fingerprint density at radius 2 is 1.81 bits per heavy atom. The van der Waals surface area contributed by atoms with Crippen LogP contribution in [0.1, 0.15) is 59.3 Å². The Morgan fingerprint density at radius 1 is 1.19 bits per heavy atom. The summed E-state index contributed by atoms with van der Waals surface area (Å²) < 4.78 is 0. The van der Waals surface area contributed by atoms with Crippen LogP contribution in [0.25, 0.3) is 0 Å². The van der Waals surface area contributed by atoms with Crippen LogP contribution in [0, 0.1) is 0 Å². The van der Waals surface area contributed by atoms with E-state index < -0.39 is 11.6 Å². The van der Waals surface area contributed by atoms with Crippen molar-refractivity contribution < 1.29 is 19.7 Å². The van der Waals surface area contributed by atoms with Gasteiger partial charge in [0.25, 0.3) is 0 Å². The van der Waals surface area contributed by atoms with E-state index in [9.17, 15) is 9.90 Å². The number of rotatable bonds is 10. The number of carbonyl (C=O) groups excluding carboxylic acids is 1. The SMILES string of the molecule is CCCCOOC(CC)(CCCC)C(=O)[O-]. The molecular formula is C12H23O4-. The van der Waals surface area contributed by atoms with Gasteiger partial charge in [-0.25, -0.2) is 9.78 Å². The lowest BCUT2D eigenvalue weighted by Crippen LogP contribution is -2.50. The predicted octanol–water partition coefficient (Wildman–Crippen LogP) is 1.82. The Hall–Kier alpha value is -0.610. The Kier molecular flexibility index (Phi) is 8.21. The van der Waals surface area contributed by atoms with Gasteiger partial charge in [-0.15, -0.1) is 0 Å². The minimum absolute atomic E-state index is 0.363. The van der Waals surface area contributed by atoms with Crippen molar-refractivity contribution >= 4 is 5.97 Å². The van der Waals surface area contributed by atoms with E-state index in [0.717, 1.165) is 25.7 Å². The Bertz CT molecular complexity index is 193. The van der Waals surface area contributed by atoms with Crippen molar-refractivity contribution in [2.45, 2.75) is 64.9 Å². The zero-order valence-corrected chi connectivity index (χ0v) is 10.6. The molecule has 96 valence electrons. The van der Waals surface area contributed by atoms with E-state index in [1.54, 1.807) is 6.92 Å². The summed E-state index contributed by atoms with van der Waals surface area (Å²) in [5, 5.41) is 11.1. The first kappa shape index (κ1) is 15.4. The molecule has 0 fully saturated rings. The number of carbonyl (C=O) groups is 1. The molecule has 4 heteroatoms. The molecule has 0 saturated carbocycles. The van der Waals surface area contributed by atoms with E-state index in [0.29, 0.717) is 19.4 Å². The minimum Gasteiger partial charge on any atom is -0.547 e. The molecule has 0 saturated heterocycles. The van der Waals surface area contributed by atoms with Crippen molar-refractivity contribution in [3.8, 4) is 0 Å². The highest BCUT2D eigenvalue weighted by molar-refractivity contribution is 5.75. The number of carboxylic acids is 1. The molecule has 0 rings (SSSR count). The van der Waals surface area contributed by atoms with E-state index in [2.05, 4.69) is 0 Å². The van der Waals surface area contributed by atoms with Crippen molar-refractivity contribution in [3.63, 3.8) is 0 Å². The first-order chi connectivity index (χ1) is 7.63. The van der Waals surface area contributed by atoms with Crippen molar-refractivity contribution in [1.82, 2.24) is 0 Å². The van der Waals surface area contributed by atoms with Gasteiger partial charge in [-0.05, 0) is 19.3 Å². The summed E-state index contributed by atoms with van der Waals surface area (Å²) in [6.07, 6.45) is 4.37. The highest BCUT2D eigenvalue weighted by Gasteiger charge is 2.32. The van der Waals surface area contributed by atoms with E-state index in [1.165, 1.54) is 0 Å². The summed E-state index contributed by atoms with van der Waals surface area (Å²) in [7, 11) is 0. The van der Waals surface area contributed by atoms with Gasteiger partial charge in [0.05, 0.1) is 12.6 Å². The van der Waals surface area contributed by atoms with Crippen molar-refractivity contribution in [1.29, 1.82) is 0 Å². The fraction of sp³-hybridized carbons (Fsp3) is 0.917. The summed E-state index contributed by atoms with van der Waals surface area (Å²) in [5.74, 6) is -1.18. The molecule has 16 heavy (non-hydrogen) atoms. The molecule has 0 heterocycles. The Labute approximate surface area is 97.9 Å². The highest BCUT2D eigenvalue weighted by atomic mass is 17.2. The zero-order valence-electron chi connectivity index (χ0n) is 10.6. The van der Waals surface area contributed by atoms with E-state index in [1.807, 2.05) is 13.8 Å². The standard InChI is InChI=1S/C12H24O4/c1-4-7-9-12(6-3,11(13)14)16-15-10-8-5-2/h4-10H2,1-3H3,(H,13,14)/p-1. The molecule has 0 aromatic carbocycles. The normalized spacial score (nSPS) is 14.7. The molecule has 0 amide bonds. The van der Waals surface area contributed by atoms with Gasteiger partial charge in [-0.2, -0.15) is 0 Å². The quantitative estimate of drug-likeness (QED) is 0.327. The van der Waals surface area contributed by atoms with Crippen LogP contribution in [-0.4, -0.2) is 18.2 Å². The van der Waals surface area contributed by atoms with Gasteiger partial charge in [-0.1, -0.05) is 40.0 Å². The number of carboxylic acid groups (broad SMARTS) is 1. The first-order valence-corrected chi connectivity index (χ1v) is 6.15. The topological polar surface area (TPSA) is 58.6 Å². The number of aliphatic carboxylic acids is 1. The first-order valence-electron chi connectivity index (χ1n) is 6.15. The second kappa shape index (κ2) is 8.53. The van der Waals surface area contributed by atoms with Crippen LogP contribution in [0.15, 0.2) is 0 Å². The zero-order chi connectivity index (χ0) is 12.4. The molecule has 0 bridgehead atoms. The molecule has 0 aromatic heterocycles. The smallest absolute Gasteiger partial charge is 0.142 e. The lowest BCUT2D eigenvalue weighted by Gasteiger charge is -2.32. The average molecular weight is 231 g/mol. The van der Waals surface area contributed by atoms with Gasteiger partial charge < -0.3 is 9.90 Å². The van der Waals surface area contributed by atoms with Crippen LogP contribution in [0.4, 0.5) is 0 Å². The van der Waals surface area contributed by atoms with E-state index >= 15 is 0 Å². The lowest BCUT2D eigenvalue weighted by atomic mass is 9.94. The number of hydrogen-bond acceptors (Lipinski definition) is 4. The van der Waals surface area contributed by atoms with Crippen LogP contribution in [-0.2, 0) is 14.6 Å².